The van der Waals surface area contributed by atoms with Gasteiger partial charge in [-0.15, -0.1) is 11.8 Å². The highest BCUT2D eigenvalue weighted by Gasteiger charge is 2.09. The summed E-state index contributed by atoms with van der Waals surface area (Å²) in [4.78, 5) is 11.9. The lowest BCUT2D eigenvalue weighted by Crippen LogP contribution is -2.18. The highest BCUT2D eigenvalue weighted by molar-refractivity contribution is 8.00. The Morgan fingerprint density at radius 3 is 2.85 bits per heavy atom. The minimum Gasteiger partial charge on any atom is -0.469 e. The fraction of sp³-hybridized carbons (Fsp3) is 0.267. The number of para-hydroxylation sites is 1. The standard InChI is InChI=1S/C15H18N2O2S/c1-11(9-12-5-4-8-19-12)17-13-6-2-3-7-14(13)20-10-15(16)18/h2-8,11,17H,9-10H2,1H3,(H2,16,18). The molecule has 0 fully saturated rings. The molecule has 4 nitrogen and oxygen atoms in total. The molecule has 0 bridgehead atoms. The normalized spacial score (nSPS) is 12.1. The Balaban J connectivity index is 1.99. The lowest BCUT2D eigenvalue weighted by atomic mass is 10.2. The third kappa shape index (κ3) is 4.35. The smallest absolute Gasteiger partial charge is 0.227 e. The quantitative estimate of drug-likeness (QED) is 0.769. The number of hydrogen-bond donors (Lipinski definition) is 2. The van der Waals surface area contributed by atoms with Gasteiger partial charge in [-0.25, -0.2) is 0 Å². The number of nitrogens with one attached hydrogen (secondary N) is 1. The molecule has 2 aromatic rings. The van der Waals surface area contributed by atoms with Gasteiger partial charge in [0.2, 0.25) is 5.91 Å². The van der Waals surface area contributed by atoms with Crippen molar-refractivity contribution in [2.75, 3.05) is 11.1 Å². The largest absolute Gasteiger partial charge is 0.469 e. The minimum absolute atomic E-state index is 0.233. The lowest BCUT2D eigenvalue weighted by molar-refractivity contribution is -0.115. The topological polar surface area (TPSA) is 68.3 Å². The maximum Gasteiger partial charge on any atom is 0.227 e. The van der Waals surface area contributed by atoms with Gasteiger partial charge in [0.15, 0.2) is 0 Å². The molecule has 0 spiro atoms. The van der Waals surface area contributed by atoms with Crippen LogP contribution in [-0.2, 0) is 11.2 Å². The number of anilines is 1. The van der Waals surface area contributed by atoms with Crippen molar-refractivity contribution in [3.63, 3.8) is 0 Å². The molecule has 0 radical (unpaired) electrons. The second kappa shape index (κ2) is 7.05. The van der Waals surface area contributed by atoms with E-state index in [-0.39, 0.29) is 17.7 Å². The molecule has 20 heavy (non-hydrogen) atoms. The van der Waals surface area contributed by atoms with Gasteiger partial charge in [-0.2, -0.15) is 0 Å². The van der Waals surface area contributed by atoms with E-state index < -0.39 is 0 Å². The molecule has 0 aliphatic rings. The Bertz CT molecular complexity index is 555. The molecule has 1 aromatic heterocycles. The number of thioether (sulfide) groups is 1. The number of primary amides is 1. The zero-order valence-electron chi connectivity index (χ0n) is 11.3. The van der Waals surface area contributed by atoms with Crippen LogP contribution in [0, 0.1) is 0 Å². The molecule has 0 saturated carbocycles. The third-order valence-corrected chi connectivity index (χ3v) is 3.84. The van der Waals surface area contributed by atoms with Crippen molar-refractivity contribution in [2.45, 2.75) is 24.3 Å². The van der Waals surface area contributed by atoms with E-state index in [1.807, 2.05) is 36.4 Å². The van der Waals surface area contributed by atoms with Crippen molar-refractivity contribution in [1.82, 2.24) is 0 Å². The molecule has 1 aromatic carbocycles. The summed E-state index contributed by atoms with van der Waals surface area (Å²) < 4.78 is 5.34. The van der Waals surface area contributed by atoms with Gasteiger partial charge in [-0.1, -0.05) is 12.1 Å². The van der Waals surface area contributed by atoms with Crippen LogP contribution >= 0.6 is 11.8 Å². The molecule has 0 aliphatic heterocycles. The first-order chi connectivity index (χ1) is 9.65. The van der Waals surface area contributed by atoms with E-state index in [0.717, 1.165) is 22.8 Å². The summed E-state index contributed by atoms with van der Waals surface area (Å²) in [6.07, 6.45) is 2.49. The second-order valence-electron chi connectivity index (χ2n) is 4.58. The fourth-order valence-electron chi connectivity index (χ4n) is 1.91. The Labute approximate surface area is 122 Å². The Morgan fingerprint density at radius 2 is 2.15 bits per heavy atom. The van der Waals surface area contributed by atoms with Gasteiger partial charge >= 0.3 is 0 Å². The first-order valence-electron chi connectivity index (χ1n) is 6.44. The summed E-state index contributed by atoms with van der Waals surface area (Å²) in [5.41, 5.74) is 6.20. The number of carbonyl (C=O) groups is 1. The average Bonchev–Trinajstić information content (AvgIpc) is 2.90. The maximum absolute atomic E-state index is 10.9. The highest BCUT2D eigenvalue weighted by atomic mass is 32.2. The molecule has 0 aliphatic carbocycles. The third-order valence-electron chi connectivity index (χ3n) is 2.75. The number of furan rings is 1. The Hall–Kier alpha value is -1.88. The van der Waals surface area contributed by atoms with Crippen LogP contribution in [0.5, 0.6) is 0 Å². The second-order valence-corrected chi connectivity index (χ2v) is 5.60. The number of hydrogen-bond acceptors (Lipinski definition) is 4. The van der Waals surface area contributed by atoms with Gasteiger partial charge < -0.3 is 15.5 Å². The SMILES string of the molecule is CC(Cc1ccco1)Nc1ccccc1SCC(N)=O. The Morgan fingerprint density at radius 1 is 1.35 bits per heavy atom. The molecular weight excluding hydrogens is 272 g/mol. The summed E-state index contributed by atoms with van der Waals surface area (Å²) in [7, 11) is 0. The summed E-state index contributed by atoms with van der Waals surface area (Å²) in [5, 5.41) is 3.44. The molecule has 0 saturated heterocycles. The Kier molecular flexibility index (Phi) is 5.12. The van der Waals surface area contributed by atoms with Gasteiger partial charge in [-0.05, 0) is 31.2 Å². The van der Waals surface area contributed by atoms with Gasteiger partial charge in [0.25, 0.3) is 0 Å². The van der Waals surface area contributed by atoms with Gasteiger partial charge in [0.1, 0.15) is 5.76 Å². The van der Waals surface area contributed by atoms with Crippen molar-refractivity contribution in [2.24, 2.45) is 5.73 Å². The predicted octanol–water partition coefficient (Wildman–Crippen LogP) is 2.90. The van der Waals surface area contributed by atoms with E-state index in [1.54, 1.807) is 6.26 Å². The summed E-state index contributed by atoms with van der Waals surface area (Å²) in [5.74, 6) is 0.923. The number of nitrogens with two attached hydrogens (primary N) is 1. The average molecular weight is 290 g/mol. The van der Waals surface area contributed by atoms with Gasteiger partial charge in [0.05, 0.1) is 12.0 Å². The number of amides is 1. The molecule has 3 N–H and O–H groups in total. The van der Waals surface area contributed by atoms with Crippen LogP contribution in [-0.4, -0.2) is 17.7 Å². The van der Waals surface area contributed by atoms with Gasteiger partial charge in [-0.3, -0.25) is 4.79 Å². The van der Waals surface area contributed by atoms with E-state index >= 15 is 0 Å². The zero-order valence-corrected chi connectivity index (χ0v) is 12.2. The lowest BCUT2D eigenvalue weighted by Gasteiger charge is -2.16. The van der Waals surface area contributed by atoms with Crippen LogP contribution in [0.1, 0.15) is 12.7 Å². The maximum atomic E-state index is 10.9. The highest BCUT2D eigenvalue weighted by Crippen LogP contribution is 2.27. The predicted molar refractivity (Wildman–Crippen MR) is 81.9 cm³/mol. The van der Waals surface area contributed by atoms with Gasteiger partial charge in [0, 0.05) is 23.0 Å². The van der Waals surface area contributed by atoms with Crippen LogP contribution in [0.2, 0.25) is 0 Å². The van der Waals surface area contributed by atoms with Crippen molar-refractivity contribution in [3.05, 3.63) is 48.4 Å². The van der Waals surface area contributed by atoms with E-state index in [1.165, 1.54) is 11.8 Å². The fourth-order valence-corrected chi connectivity index (χ4v) is 2.66. The molecule has 5 heteroatoms. The first-order valence-corrected chi connectivity index (χ1v) is 7.43. The number of rotatable bonds is 7. The summed E-state index contributed by atoms with van der Waals surface area (Å²) in [6, 6.07) is 12.0. The summed E-state index contributed by atoms with van der Waals surface area (Å²) >= 11 is 1.44. The molecule has 2 rings (SSSR count). The molecule has 1 unspecified atom stereocenters. The molecular formula is C15H18N2O2S. The molecule has 1 heterocycles. The number of benzene rings is 1. The van der Waals surface area contributed by atoms with Crippen molar-refractivity contribution in [1.29, 1.82) is 0 Å². The van der Waals surface area contributed by atoms with Crippen molar-refractivity contribution in [3.8, 4) is 0 Å². The van der Waals surface area contributed by atoms with Crippen LogP contribution in [0.15, 0.2) is 52.0 Å². The van der Waals surface area contributed by atoms with E-state index in [9.17, 15) is 4.79 Å². The van der Waals surface area contributed by atoms with E-state index in [2.05, 4.69) is 12.2 Å². The van der Waals surface area contributed by atoms with Crippen LogP contribution in [0.25, 0.3) is 0 Å². The summed E-state index contributed by atoms with van der Waals surface area (Å²) in [6.45, 7) is 2.10. The molecule has 1 amide bonds. The molecule has 106 valence electrons. The van der Waals surface area contributed by atoms with Crippen molar-refractivity contribution < 1.29 is 9.21 Å². The van der Waals surface area contributed by atoms with Crippen LogP contribution in [0.3, 0.4) is 0 Å². The molecule has 1 atom stereocenters. The van der Waals surface area contributed by atoms with E-state index in [4.69, 9.17) is 10.2 Å². The monoisotopic (exact) mass is 290 g/mol. The first kappa shape index (κ1) is 14.5. The minimum atomic E-state index is -0.312. The number of carbonyl (C=O) groups excluding carboxylic acids is 1. The van der Waals surface area contributed by atoms with Crippen LogP contribution in [0.4, 0.5) is 5.69 Å². The van der Waals surface area contributed by atoms with Crippen molar-refractivity contribution >= 4 is 23.4 Å². The zero-order chi connectivity index (χ0) is 14.4. The van der Waals surface area contributed by atoms with E-state index in [0.29, 0.717) is 0 Å². The van der Waals surface area contributed by atoms with Crippen LogP contribution < -0.4 is 11.1 Å².